The third kappa shape index (κ3) is 4.51. The lowest BCUT2D eigenvalue weighted by molar-refractivity contribution is -0.112. The van der Waals surface area contributed by atoms with Gasteiger partial charge in [-0.1, -0.05) is 60.1 Å². The summed E-state index contributed by atoms with van der Waals surface area (Å²) in [5.41, 5.74) is 8.01. The molecule has 0 aliphatic rings. The number of hydrogen-bond acceptors (Lipinski definition) is 2. The molecule has 0 aromatic heterocycles. The molecule has 5 heteroatoms. The molecule has 2 rings (SSSR count). The van der Waals surface area contributed by atoms with Gasteiger partial charge < -0.3 is 11.1 Å². The molecule has 3 N–H and O–H groups in total. The Morgan fingerprint density at radius 1 is 1.12 bits per heavy atom. The van der Waals surface area contributed by atoms with Gasteiger partial charge in [0, 0.05) is 21.3 Å². The van der Waals surface area contributed by atoms with Crippen LogP contribution in [0.15, 0.2) is 84.1 Å². The summed E-state index contributed by atoms with van der Waals surface area (Å²) in [6, 6.07) is 14.8. The lowest BCUT2D eigenvalue weighted by Crippen LogP contribution is -2.15. The van der Waals surface area contributed by atoms with Gasteiger partial charge in [-0.2, -0.15) is 0 Å². The standard InChI is InChI=1S/C19H16Cl2N2O/c1-13(20)16(6-4-12-22)19(24)23-18-7-3-2-5-17(18)14-8-10-15(21)11-9-14/h2-12H,1,22H2,(H,23,24)/b12-4-,16-6+. The van der Waals surface area contributed by atoms with E-state index in [-0.39, 0.29) is 16.5 Å². The van der Waals surface area contributed by atoms with Gasteiger partial charge >= 0.3 is 0 Å². The van der Waals surface area contributed by atoms with E-state index in [1.54, 1.807) is 12.1 Å². The Kier molecular flexibility index (Phi) is 6.24. The molecular weight excluding hydrogens is 343 g/mol. The number of carbonyl (C=O) groups excluding carboxylic acids is 1. The van der Waals surface area contributed by atoms with Crippen LogP contribution in [0.1, 0.15) is 0 Å². The summed E-state index contributed by atoms with van der Waals surface area (Å²) in [6.45, 7) is 3.61. The largest absolute Gasteiger partial charge is 0.405 e. The highest BCUT2D eigenvalue weighted by molar-refractivity contribution is 6.35. The molecule has 0 bridgehead atoms. The lowest BCUT2D eigenvalue weighted by atomic mass is 10.0. The summed E-state index contributed by atoms with van der Waals surface area (Å²) in [5, 5.41) is 3.64. The number of rotatable bonds is 5. The second-order valence-corrected chi connectivity index (χ2v) is 5.77. The molecule has 1 amide bonds. The molecule has 24 heavy (non-hydrogen) atoms. The van der Waals surface area contributed by atoms with Crippen molar-refractivity contribution in [3.63, 3.8) is 0 Å². The van der Waals surface area contributed by atoms with Crippen LogP contribution in [0.3, 0.4) is 0 Å². The van der Waals surface area contributed by atoms with Crippen molar-refractivity contribution in [1.82, 2.24) is 0 Å². The minimum atomic E-state index is -0.366. The third-order valence-corrected chi connectivity index (χ3v) is 3.70. The number of halogens is 2. The zero-order valence-corrected chi connectivity index (χ0v) is 14.3. The van der Waals surface area contributed by atoms with E-state index in [0.717, 1.165) is 11.1 Å². The molecule has 2 aromatic rings. The smallest absolute Gasteiger partial charge is 0.257 e. The number of anilines is 1. The minimum absolute atomic E-state index is 0.134. The summed E-state index contributed by atoms with van der Waals surface area (Å²) in [7, 11) is 0. The highest BCUT2D eigenvalue weighted by Crippen LogP contribution is 2.29. The first-order chi connectivity index (χ1) is 11.5. The summed E-state index contributed by atoms with van der Waals surface area (Å²) < 4.78 is 0. The SMILES string of the molecule is C=C(Cl)/C(=C\C=C/N)C(=O)Nc1ccccc1-c1ccc(Cl)cc1. The number of benzene rings is 2. The molecule has 3 nitrogen and oxygen atoms in total. The van der Waals surface area contributed by atoms with E-state index in [9.17, 15) is 4.79 Å². The molecular formula is C19H16Cl2N2O. The molecule has 0 aliphatic carbocycles. The molecule has 0 heterocycles. The maximum Gasteiger partial charge on any atom is 0.257 e. The number of allylic oxidation sites excluding steroid dienone is 2. The fourth-order valence-corrected chi connectivity index (χ4v) is 2.38. The van der Waals surface area contributed by atoms with Gasteiger partial charge in [0.1, 0.15) is 0 Å². The molecule has 122 valence electrons. The average Bonchev–Trinajstić information content (AvgIpc) is 2.56. The van der Waals surface area contributed by atoms with Gasteiger partial charge in [0.15, 0.2) is 0 Å². The fraction of sp³-hybridized carbons (Fsp3) is 0. The Labute approximate surface area is 151 Å². The van der Waals surface area contributed by atoms with Crippen molar-refractivity contribution in [2.45, 2.75) is 0 Å². The predicted octanol–water partition coefficient (Wildman–Crippen LogP) is 5.10. The minimum Gasteiger partial charge on any atom is -0.405 e. The van der Waals surface area contributed by atoms with Crippen molar-refractivity contribution in [2.24, 2.45) is 5.73 Å². The number of nitrogens with one attached hydrogen (secondary N) is 1. The summed E-state index contributed by atoms with van der Waals surface area (Å²) in [5.74, 6) is -0.366. The van der Waals surface area contributed by atoms with Crippen LogP contribution in [0.25, 0.3) is 11.1 Å². The van der Waals surface area contributed by atoms with Crippen LogP contribution in [0.5, 0.6) is 0 Å². The number of para-hydroxylation sites is 1. The van der Waals surface area contributed by atoms with Gasteiger partial charge in [0.2, 0.25) is 0 Å². The number of nitrogens with two attached hydrogens (primary N) is 1. The predicted molar refractivity (Wildman–Crippen MR) is 102 cm³/mol. The molecule has 0 fully saturated rings. The molecule has 0 radical (unpaired) electrons. The van der Waals surface area contributed by atoms with E-state index in [4.69, 9.17) is 28.9 Å². The van der Waals surface area contributed by atoms with Gasteiger partial charge in [-0.3, -0.25) is 4.79 Å². The van der Waals surface area contributed by atoms with Gasteiger partial charge in [-0.05, 0) is 42.1 Å². The van der Waals surface area contributed by atoms with Crippen LogP contribution in [0, 0.1) is 0 Å². The van der Waals surface area contributed by atoms with Crippen molar-refractivity contribution in [3.8, 4) is 11.1 Å². The Balaban J connectivity index is 2.35. The fourth-order valence-electron chi connectivity index (χ4n) is 2.10. The zero-order valence-electron chi connectivity index (χ0n) is 12.8. The van der Waals surface area contributed by atoms with Gasteiger partial charge in [-0.15, -0.1) is 0 Å². The second kappa shape index (κ2) is 8.39. The highest BCUT2D eigenvalue weighted by Gasteiger charge is 2.13. The first-order valence-electron chi connectivity index (χ1n) is 7.12. The summed E-state index contributed by atoms with van der Waals surface area (Å²) in [6.07, 6.45) is 4.35. The van der Waals surface area contributed by atoms with Gasteiger partial charge in [-0.25, -0.2) is 0 Å². The Hall–Kier alpha value is -2.49. The van der Waals surface area contributed by atoms with Crippen LogP contribution < -0.4 is 11.1 Å². The van der Waals surface area contributed by atoms with E-state index in [2.05, 4.69) is 11.9 Å². The average molecular weight is 359 g/mol. The molecule has 0 aliphatic heterocycles. The van der Waals surface area contributed by atoms with Crippen LogP contribution in [0.2, 0.25) is 5.02 Å². The number of hydrogen-bond donors (Lipinski definition) is 2. The summed E-state index contributed by atoms with van der Waals surface area (Å²) in [4.78, 5) is 12.5. The molecule has 0 spiro atoms. The van der Waals surface area contributed by atoms with Gasteiger partial charge in [0.05, 0.1) is 5.57 Å². The highest BCUT2D eigenvalue weighted by atomic mass is 35.5. The maximum atomic E-state index is 12.5. The summed E-state index contributed by atoms with van der Waals surface area (Å²) >= 11 is 11.8. The monoisotopic (exact) mass is 358 g/mol. The van der Waals surface area contributed by atoms with Crippen molar-refractivity contribution >= 4 is 34.8 Å². The first-order valence-corrected chi connectivity index (χ1v) is 7.88. The third-order valence-electron chi connectivity index (χ3n) is 3.24. The normalized spacial score (nSPS) is 11.5. The quantitative estimate of drug-likeness (QED) is 0.577. The molecule has 0 unspecified atom stereocenters. The van der Waals surface area contributed by atoms with E-state index in [1.807, 2.05) is 36.4 Å². The molecule has 0 saturated heterocycles. The Bertz CT molecular complexity index is 808. The van der Waals surface area contributed by atoms with Crippen molar-refractivity contribution in [3.05, 3.63) is 89.1 Å². The van der Waals surface area contributed by atoms with Crippen LogP contribution in [-0.4, -0.2) is 5.91 Å². The van der Waals surface area contributed by atoms with Crippen molar-refractivity contribution < 1.29 is 4.79 Å². The van der Waals surface area contributed by atoms with Crippen LogP contribution >= 0.6 is 23.2 Å². The van der Waals surface area contributed by atoms with E-state index < -0.39 is 0 Å². The topological polar surface area (TPSA) is 55.1 Å². The lowest BCUT2D eigenvalue weighted by Gasteiger charge is -2.12. The Morgan fingerprint density at radius 2 is 1.79 bits per heavy atom. The molecule has 0 atom stereocenters. The maximum absolute atomic E-state index is 12.5. The molecule has 0 saturated carbocycles. The van der Waals surface area contributed by atoms with E-state index in [0.29, 0.717) is 10.7 Å². The molecule has 2 aromatic carbocycles. The number of carbonyl (C=O) groups is 1. The second-order valence-electron chi connectivity index (χ2n) is 4.88. The van der Waals surface area contributed by atoms with E-state index >= 15 is 0 Å². The van der Waals surface area contributed by atoms with Crippen LogP contribution in [-0.2, 0) is 4.79 Å². The van der Waals surface area contributed by atoms with Crippen LogP contribution in [0.4, 0.5) is 5.69 Å². The van der Waals surface area contributed by atoms with Crippen molar-refractivity contribution in [2.75, 3.05) is 5.32 Å². The zero-order chi connectivity index (χ0) is 17.5. The van der Waals surface area contributed by atoms with E-state index in [1.165, 1.54) is 18.4 Å². The first kappa shape index (κ1) is 17.9. The number of amides is 1. The van der Waals surface area contributed by atoms with Crippen molar-refractivity contribution in [1.29, 1.82) is 0 Å². The Morgan fingerprint density at radius 3 is 2.42 bits per heavy atom. The van der Waals surface area contributed by atoms with Gasteiger partial charge in [0.25, 0.3) is 5.91 Å².